The third-order valence-electron chi connectivity index (χ3n) is 2.35. The van der Waals surface area contributed by atoms with Crippen molar-refractivity contribution < 1.29 is 14.7 Å². The first kappa shape index (κ1) is 10.0. The van der Waals surface area contributed by atoms with Crippen molar-refractivity contribution in [2.75, 3.05) is 0 Å². The first-order chi connectivity index (χ1) is 6.95. The fraction of sp³-hybridized carbons (Fsp3) is 0.385. The Morgan fingerprint density at radius 2 is 1.79 bits per heavy atom. The standard InChI is InChI=1S/C8H11.C5H5.Co/c1-2-4-6-8-7-5-3-1;1-2-4-5-3-1;/h1-3H,4,6-8H2;1-3H,4H2;. The van der Waals surface area contributed by atoms with Crippen molar-refractivity contribution in [3.63, 3.8) is 0 Å². The predicted octanol–water partition coefficient (Wildman–Crippen LogP) is 3.93. The van der Waals surface area contributed by atoms with Gasteiger partial charge < -0.3 is 0 Å². The zero-order chi connectivity index (χ0) is 9.64. The van der Waals surface area contributed by atoms with Gasteiger partial charge in [0.2, 0.25) is 0 Å². The monoisotopic (exact) mass is 231 g/mol. The quantitative estimate of drug-likeness (QED) is 0.675. The Balaban J connectivity index is 1.94. The summed E-state index contributed by atoms with van der Waals surface area (Å²) in [6.07, 6.45) is 19.9. The molecule has 0 N–H and O–H groups in total. The van der Waals surface area contributed by atoms with E-state index in [1.165, 1.54) is 40.4 Å². The fourth-order valence-corrected chi connectivity index (χ4v) is 2.92. The van der Waals surface area contributed by atoms with Crippen molar-refractivity contribution in [3.05, 3.63) is 45.5 Å². The van der Waals surface area contributed by atoms with Crippen LogP contribution in [0.3, 0.4) is 0 Å². The second kappa shape index (κ2) is 5.37. The third-order valence-corrected chi connectivity index (χ3v) is 3.84. The Morgan fingerprint density at radius 3 is 2.64 bits per heavy atom. The molecule has 2 aliphatic rings. The van der Waals surface area contributed by atoms with Gasteiger partial charge in [0.05, 0.1) is 0 Å². The molecule has 0 spiro atoms. The van der Waals surface area contributed by atoms with E-state index in [0.717, 1.165) is 6.42 Å². The van der Waals surface area contributed by atoms with E-state index in [2.05, 4.69) is 36.5 Å². The molecule has 14 heavy (non-hydrogen) atoms. The molecule has 2 aliphatic carbocycles. The summed E-state index contributed by atoms with van der Waals surface area (Å²) in [6, 6.07) is 0. The van der Waals surface area contributed by atoms with Gasteiger partial charge in [-0.15, -0.1) is 0 Å². The van der Waals surface area contributed by atoms with Crippen LogP contribution < -0.4 is 0 Å². The number of allylic oxidation sites excluding steroid dienone is 8. The molecule has 0 saturated carbocycles. The number of hydrogen-bond acceptors (Lipinski definition) is 0. The molecule has 0 aromatic heterocycles. The van der Waals surface area contributed by atoms with Crippen molar-refractivity contribution >= 4 is 0 Å². The van der Waals surface area contributed by atoms with Gasteiger partial charge in [-0.1, -0.05) is 0 Å². The van der Waals surface area contributed by atoms with E-state index in [4.69, 9.17) is 0 Å². The summed E-state index contributed by atoms with van der Waals surface area (Å²) in [4.78, 5) is 0. The van der Waals surface area contributed by atoms with Crippen molar-refractivity contribution in [1.82, 2.24) is 0 Å². The molecular formula is C13H16Co. The van der Waals surface area contributed by atoms with Crippen molar-refractivity contribution in [1.29, 1.82) is 0 Å². The molecule has 0 aromatic carbocycles. The van der Waals surface area contributed by atoms with E-state index in [1.54, 1.807) is 9.02 Å². The molecule has 2 rings (SSSR count). The Bertz CT molecular complexity index is 305. The molecule has 0 bridgehead atoms. The first-order valence-corrected chi connectivity index (χ1v) is 6.31. The van der Waals surface area contributed by atoms with Gasteiger partial charge in [0.1, 0.15) is 0 Å². The van der Waals surface area contributed by atoms with Crippen LogP contribution in [-0.2, 0) is 14.7 Å². The van der Waals surface area contributed by atoms with Crippen LogP contribution in [0.4, 0.5) is 0 Å². The molecule has 0 nitrogen and oxygen atoms in total. The van der Waals surface area contributed by atoms with Gasteiger partial charge >= 0.3 is 92.3 Å². The second-order valence-electron chi connectivity index (χ2n) is 3.56. The van der Waals surface area contributed by atoms with Crippen LogP contribution in [0.25, 0.3) is 0 Å². The minimum absolute atomic E-state index is 1.15. The van der Waals surface area contributed by atoms with Gasteiger partial charge in [0, 0.05) is 0 Å². The molecule has 0 heterocycles. The zero-order valence-corrected chi connectivity index (χ0v) is 9.37. The van der Waals surface area contributed by atoms with E-state index in [1.807, 2.05) is 0 Å². The van der Waals surface area contributed by atoms with Gasteiger partial charge in [-0.25, -0.2) is 0 Å². The molecule has 0 atom stereocenters. The molecule has 77 valence electrons. The van der Waals surface area contributed by atoms with Crippen LogP contribution in [0.2, 0.25) is 0 Å². The topological polar surface area (TPSA) is 0 Å². The summed E-state index contributed by atoms with van der Waals surface area (Å²) >= 11 is 1.48. The molecule has 0 saturated heterocycles. The van der Waals surface area contributed by atoms with Gasteiger partial charge in [-0.2, -0.15) is 0 Å². The first-order valence-electron chi connectivity index (χ1n) is 5.27. The SMILES string of the molecule is C1=CCCCC[C]([Co][C]2=CC=CC2)=C1. The van der Waals surface area contributed by atoms with Crippen molar-refractivity contribution in [3.8, 4) is 0 Å². The summed E-state index contributed by atoms with van der Waals surface area (Å²) in [5.41, 5.74) is 0. The van der Waals surface area contributed by atoms with E-state index >= 15 is 0 Å². The summed E-state index contributed by atoms with van der Waals surface area (Å²) in [6.45, 7) is 0. The van der Waals surface area contributed by atoms with Crippen molar-refractivity contribution in [2.45, 2.75) is 32.1 Å². The van der Waals surface area contributed by atoms with Crippen LogP contribution in [0.15, 0.2) is 45.5 Å². The molecule has 0 radical (unpaired) electrons. The third kappa shape index (κ3) is 3.00. The average Bonchev–Trinajstić information content (AvgIpc) is 2.62. The molecule has 0 aromatic rings. The van der Waals surface area contributed by atoms with Gasteiger partial charge in [-0.3, -0.25) is 0 Å². The molecule has 0 amide bonds. The molecule has 0 fully saturated rings. The average molecular weight is 231 g/mol. The molecule has 0 aliphatic heterocycles. The summed E-state index contributed by atoms with van der Waals surface area (Å²) in [5.74, 6) is 0. The van der Waals surface area contributed by atoms with Crippen LogP contribution in [0, 0.1) is 0 Å². The van der Waals surface area contributed by atoms with Crippen LogP contribution in [0.1, 0.15) is 32.1 Å². The van der Waals surface area contributed by atoms with Gasteiger partial charge in [0.15, 0.2) is 0 Å². The maximum absolute atomic E-state index is 2.30. The van der Waals surface area contributed by atoms with Crippen molar-refractivity contribution in [2.24, 2.45) is 0 Å². The second-order valence-corrected chi connectivity index (χ2v) is 5.16. The normalized spacial score (nSPS) is 21.7. The number of hydrogen-bond donors (Lipinski definition) is 0. The predicted molar refractivity (Wildman–Crippen MR) is 57.5 cm³/mol. The van der Waals surface area contributed by atoms with E-state index < -0.39 is 0 Å². The Morgan fingerprint density at radius 1 is 0.929 bits per heavy atom. The molecular weight excluding hydrogens is 215 g/mol. The van der Waals surface area contributed by atoms with Gasteiger partial charge in [0.25, 0.3) is 0 Å². The summed E-state index contributed by atoms with van der Waals surface area (Å²) in [7, 11) is 0. The van der Waals surface area contributed by atoms with Crippen LogP contribution in [0.5, 0.6) is 0 Å². The minimum atomic E-state index is 1.15. The Hall–Kier alpha value is -0.534. The fourth-order valence-electron chi connectivity index (χ4n) is 1.58. The molecule has 1 heteroatoms. The molecule has 0 unspecified atom stereocenters. The van der Waals surface area contributed by atoms with E-state index in [0.29, 0.717) is 0 Å². The van der Waals surface area contributed by atoms with E-state index in [-0.39, 0.29) is 0 Å². The summed E-state index contributed by atoms with van der Waals surface area (Å²) in [5, 5.41) is 0. The van der Waals surface area contributed by atoms with Gasteiger partial charge in [-0.05, 0) is 0 Å². The Labute approximate surface area is 92.5 Å². The Kier molecular flexibility index (Phi) is 3.84. The van der Waals surface area contributed by atoms with E-state index in [9.17, 15) is 0 Å². The summed E-state index contributed by atoms with van der Waals surface area (Å²) < 4.78 is 3.12. The maximum atomic E-state index is 2.30. The number of rotatable bonds is 2. The zero-order valence-electron chi connectivity index (χ0n) is 8.33. The van der Waals surface area contributed by atoms with Crippen LogP contribution in [-0.4, -0.2) is 0 Å². The van der Waals surface area contributed by atoms with Crippen LogP contribution >= 0.6 is 0 Å².